The van der Waals surface area contributed by atoms with Gasteiger partial charge in [0.15, 0.2) is 0 Å². The molecule has 5 nitrogen and oxygen atoms in total. The average molecular weight is 376 g/mol. The summed E-state index contributed by atoms with van der Waals surface area (Å²) in [7, 11) is 0. The molecule has 1 fully saturated rings. The van der Waals surface area contributed by atoms with Crippen molar-refractivity contribution in [3.05, 3.63) is 65.4 Å². The molecule has 0 spiro atoms. The molecular weight excluding hydrogens is 352 g/mol. The van der Waals surface area contributed by atoms with E-state index in [4.69, 9.17) is 4.74 Å². The summed E-state index contributed by atoms with van der Waals surface area (Å²) in [5.41, 5.74) is 3.78. The van der Waals surface area contributed by atoms with Crippen LogP contribution in [0.1, 0.15) is 47.4 Å². The van der Waals surface area contributed by atoms with Crippen LogP contribution in [-0.2, 0) is 0 Å². The lowest BCUT2D eigenvalue weighted by molar-refractivity contribution is 0.102. The summed E-state index contributed by atoms with van der Waals surface area (Å²) in [6.45, 7) is 4.40. The number of anilines is 1. The Kier molecular flexibility index (Phi) is 5.01. The van der Waals surface area contributed by atoms with E-state index in [1.54, 1.807) is 25.3 Å². The molecule has 1 amide bonds. The molecule has 144 valence electrons. The Morgan fingerprint density at radius 3 is 2.68 bits per heavy atom. The molecule has 0 saturated heterocycles. The van der Waals surface area contributed by atoms with Crippen molar-refractivity contribution in [2.75, 3.05) is 11.9 Å². The number of pyridine rings is 1. The van der Waals surface area contributed by atoms with Crippen LogP contribution in [0.3, 0.4) is 0 Å². The minimum absolute atomic E-state index is 0.170. The molecule has 2 N–H and O–H groups in total. The van der Waals surface area contributed by atoms with Crippen molar-refractivity contribution in [2.45, 2.75) is 32.8 Å². The van der Waals surface area contributed by atoms with Crippen LogP contribution in [0.25, 0.3) is 10.9 Å². The van der Waals surface area contributed by atoms with E-state index in [2.05, 4.69) is 10.3 Å². The lowest BCUT2D eigenvalue weighted by Crippen LogP contribution is -2.13. The third kappa shape index (κ3) is 3.99. The Bertz CT molecular complexity index is 1010. The highest BCUT2D eigenvalue weighted by Gasteiger charge is 2.21. The summed E-state index contributed by atoms with van der Waals surface area (Å²) in [6.07, 6.45) is 3.61. The number of aliphatic hydroxyl groups excluding tert-OH is 1. The van der Waals surface area contributed by atoms with Crippen LogP contribution in [0, 0.1) is 12.8 Å². The maximum absolute atomic E-state index is 12.6. The lowest BCUT2D eigenvalue weighted by Gasteiger charge is -2.12. The molecule has 28 heavy (non-hydrogen) atoms. The van der Waals surface area contributed by atoms with Gasteiger partial charge in [-0.2, -0.15) is 0 Å². The molecule has 5 heteroatoms. The molecule has 0 radical (unpaired) electrons. The molecule has 0 bridgehead atoms. The minimum Gasteiger partial charge on any atom is -0.493 e. The largest absolute Gasteiger partial charge is 0.493 e. The van der Waals surface area contributed by atoms with E-state index in [0.29, 0.717) is 11.5 Å². The van der Waals surface area contributed by atoms with Gasteiger partial charge in [0.2, 0.25) is 0 Å². The number of aromatic nitrogens is 1. The molecule has 1 atom stereocenters. The van der Waals surface area contributed by atoms with E-state index in [1.165, 1.54) is 12.8 Å². The highest BCUT2D eigenvalue weighted by Crippen LogP contribution is 2.30. The summed E-state index contributed by atoms with van der Waals surface area (Å²) in [4.78, 5) is 17.1. The predicted molar refractivity (Wildman–Crippen MR) is 110 cm³/mol. The Morgan fingerprint density at radius 1 is 1.25 bits per heavy atom. The summed E-state index contributed by atoms with van der Waals surface area (Å²) in [5.74, 6) is 1.32. The van der Waals surface area contributed by atoms with Crippen molar-refractivity contribution in [3.8, 4) is 5.75 Å². The Balaban J connectivity index is 1.49. The summed E-state index contributed by atoms with van der Waals surface area (Å²) >= 11 is 0. The second kappa shape index (κ2) is 7.60. The molecule has 1 unspecified atom stereocenters. The van der Waals surface area contributed by atoms with Crippen molar-refractivity contribution < 1.29 is 14.6 Å². The van der Waals surface area contributed by atoms with Gasteiger partial charge in [-0.25, -0.2) is 0 Å². The zero-order valence-electron chi connectivity index (χ0n) is 16.1. The number of amides is 1. The average Bonchev–Trinajstić information content (AvgIpc) is 3.53. The third-order valence-electron chi connectivity index (χ3n) is 5.16. The normalized spacial score (nSPS) is 14.7. The van der Waals surface area contributed by atoms with Gasteiger partial charge in [-0.3, -0.25) is 9.78 Å². The van der Waals surface area contributed by atoms with E-state index in [1.807, 2.05) is 37.3 Å². The Labute approximate surface area is 164 Å². The molecule has 4 rings (SSSR count). The van der Waals surface area contributed by atoms with Gasteiger partial charge >= 0.3 is 0 Å². The maximum Gasteiger partial charge on any atom is 0.255 e. The second-order valence-corrected chi connectivity index (χ2v) is 7.49. The van der Waals surface area contributed by atoms with Crippen molar-refractivity contribution >= 4 is 22.5 Å². The number of aliphatic hydroxyl groups is 1. The number of nitrogens with one attached hydrogen (secondary N) is 1. The molecule has 3 aromatic rings. The van der Waals surface area contributed by atoms with Crippen LogP contribution in [-0.4, -0.2) is 22.6 Å². The molecule has 1 aliphatic rings. The molecule has 1 aromatic heterocycles. The molecule has 2 aromatic carbocycles. The number of aryl methyl sites for hydroxylation is 1. The van der Waals surface area contributed by atoms with Gasteiger partial charge < -0.3 is 15.2 Å². The number of fused-ring (bicyclic) bond motifs is 1. The summed E-state index contributed by atoms with van der Waals surface area (Å²) in [6, 6.07) is 12.9. The first kappa shape index (κ1) is 18.4. The quantitative estimate of drug-likeness (QED) is 0.658. The van der Waals surface area contributed by atoms with E-state index < -0.39 is 6.10 Å². The summed E-state index contributed by atoms with van der Waals surface area (Å²) < 4.78 is 5.72. The van der Waals surface area contributed by atoms with Crippen molar-refractivity contribution in [3.63, 3.8) is 0 Å². The van der Waals surface area contributed by atoms with Gasteiger partial charge in [0.25, 0.3) is 5.91 Å². The number of hydrogen-bond acceptors (Lipinski definition) is 4. The molecule has 1 saturated carbocycles. The van der Waals surface area contributed by atoms with Crippen LogP contribution < -0.4 is 10.1 Å². The first-order valence-corrected chi connectivity index (χ1v) is 9.63. The number of ether oxygens (including phenoxy) is 1. The predicted octanol–water partition coefficient (Wildman–Crippen LogP) is 4.64. The zero-order chi connectivity index (χ0) is 19.7. The number of carbonyl (C=O) groups excluding carboxylic acids is 1. The van der Waals surface area contributed by atoms with E-state index in [9.17, 15) is 9.90 Å². The third-order valence-corrected chi connectivity index (χ3v) is 5.16. The number of hydrogen-bond donors (Lipinski definition) is 2. The molecular formula is C23H24N2O3. The van der Waals surface area contributed by atoms with Crippen molar-refractivity contribution in [1.29, 1.82) is 0 Å². The Hall–Kier alpha value is -2.92. The van der Waals surface area contributed by atoms with Gasteiger partial charge in [0, 0.05) is 22.8 Å². The first-order chi connectivity index (χ1) is 13.5. The van der Waals surface area contributed by atoms with Gasteiger partial charge in [-0.1, -0.05) is 6.07 Å². The Morgan fingerprint density at radius 2 is 2.00 bits per heavy atom. The second-order valence-electron chi connectivity index (χ2n) is 7.49. The molecule has 1 heterocycles. The SMILES string of the molecule is Cc1c(NC(=O)c2ccc(OCC3CC3)cc2)ccc2cc(C(C)O)cnc12. The molecule has 1 aliphatic carbocycles. The zero-order valence-corrected chi connectivity index (χ0v) is 16.1. The number of benzene rings is 2. The summed E-state index contributed by atoms with van der Waals surface area (Å²) in [5, 5.41) is 13.6. The van der Waals surface area contributed by atoms with E-state index in [-0.39, 0.29) is 5.91 Å². The first-order valence-electron chi connectivity index (χ1n) is 9.63. The molecule has 0 aliphatic heterocycles. The van der Waals surface area contributed by atoms with Gasteiger partial charge in [-0.15, -0.1) is 0 Å². The van der Waals surface area contributed by atoms with E-state index in [0.717, 1.165) is 40.1 Å². The number of carbonyl (C=O) groups is 1. The van der Waals surface area contributed by atoms with Crippen LogP contribution in [0.2, 0.25) is 0 Å². The van der Waals surface area contributed by atoms with Gasteiger partial charge in [0.1, 0.15) is 5.75 Å². The fraction of sp³-hybridized carbons (Fsp3) is 0.304. The van der Waals surface area contributed by atoms with Crippen molar-refractivity contribution in [1.82, 2.24) is 4.98 Å². The highest BCUT2D eigenvalue weighted by atomic mass is 16.5. The number of nitrogens with zero attached hydrogens (tertiary/aromatic N) is 1. The highest BCUT2D eigenvalue weighted by molar-refractivity contribution is 6.06. The van der Waals surface area contributed by atoms with Gasteiger partial charge in [-0.05, 0) is 80.1 Å². The fourth-order valence-corrected chi connectivity index (χ4v) is 3.12. The van der Waals surface area contributed by atoms with Crippen LogP contribution in [0.5, 0.6) is 5.75 Å². The van der Waals surface area contributed by atoms with Crippen molar-refractivity contribution in [2.24, 2.45) is 5.92 Å². The monoisotopic (exact) mass is 376 g/mol. The topological polar surface area (TPSA) is 71.5 Å². The smallest absolute Gasteiger partial charge is 0.255 e. The van der Waals surface area contributed by atoms with Crippen LogP contribution in [0.4, 0.5) is 5.69 Å². The standard InChI is InChI=1S/C23H24N2O3/c1-14-21(10-7-18-11-19(15(2)26)12-24-22(14)18)25-23(27)17-5-8-20(9-6-17)28-13-16-3-4-16/h5-12,15-16,26H,3-4,13H2,1-2H3,(H,25,27). The van der Waals surface area contributed by atoms with Crippen LogP contribution >= 0.6 is 0 Å². The van der Waals surface area contributed by atoms with Crippen LogP contribution in [0.15, 0.2) is 48.7 Å². The van der Waals surface area contributed by atoms with E-state index >= 15 is 0 Å². The maximum atomic E-state index is 12.6. The fourth-order valence-electron chi connectivity index (χ4n) is 3.12. The number of rotatable bonds is 6. The lowest BCUT2D eigenvalue weighted by atomic mass is 10.0. The van der Waals surface area contributed by atoms with Gasteiger partial charge in [0.05, 0.1) is 18.2 Å². The minimum atomic E-state index is -0.562.